The van der Waals surface area contributed by atoms with Crippen molar-refractivity contribution in [3.8, 4) is 11.3 Å². The minimum atomic E-state index is -0.0690. The van der Waals surface area contributed by atoms with Gasteiger partial charge in [0.15, 0.2) is 0 Å². The van der Waals surface area contributed by atoms with Gasteiger partial charge in [0.05, 0.1) is 16.8 Å². The fourth-order valence-electron chi connectivity index (χ4n) is 2.98. The Balaban J connectivity index is 1.63. The first-order chi connectivity index (χ1) is 14.1. The molecule has 0 aliphatic rings. The van der Waals surface area contributed by atoms with Gasteiger partial charge in [0.2, 0.25) is 5.95 Å². The standard InChI is InChI=1S/C22H20N6O/c1-28(2)21(29)18-10-20(27-19-8-4-3-7-17(18)19)16-13-25-22(26-14-16)24-12-15-6-5-9-23-11-15/h3-11,13-14H,12H2,1-2H3,(H,24,25,26). The molecule has 0 atom stereocenters. The van der Waals surface area contributed by atoms with Gasteiger partial charge < -0.3 is 10.2 Å². The van der Waals surface area contributed by atoms with Crippen molar-refractivity contribution in [2.24, 2.45) is 0 Å². The number of carbonyl (C=O) groups excluding carboxylic acids is 1. The van der Waals surface area contributed by atoms with Crippen LogP contribution in [0.1, 0.15) is 15.9 Å². The van der Waals surface area contributed by atoms with E-state index >= 15 is 0 Å². The van der Waals surface area contributed by atoms with Crippen LogP contribution in [0.5, 0.6) is 0 Å². The number of aromatic nitrogens is 4. The lowest BCUT2D eigenvalue weighted by molar-refractivity contribution is 0.0829. The number of rotatable bonds is 5. The van der Waals surface area contributed by atoms with Gasteiger partial charge in [-0.2, -0.15) is 0 Å². The van der Waals surface area contributed by atoms with E-state index in [1.54, 1.807) is 49.8 Å². The predicted molar refractivity (Wildman–Crippen MR) is 112 cm³/mol. The molecule has 0 saturated heterocycles. The summed E-state index contributed by atoms with van der Waals surface area (Å²) in [6, 6.07) is 13.3. The van der Waals surface area contributed by atoms with Crippen LogP contribution in [0.3, 0.4) is 0 Å². The van der Waals surface area contributed by atoms with Gasteiger partial charge in [0, 0.05) is 56.4 Å². The second-order valence-electron chi connectivity index (χ2n) is 6.78. The molecule has 3 heterocycles. The molecule has 3 aromatic heterocycles. The number of nitrogens with zero attached hydrogens (tertiary/aromatic N) is 5. The maximum Gasteiger partial charge on any atom is 0.254 e. The quantitative estimate of drug-likeness (QED) is 0.568. The van der Waals surface area contributed by atoms with Crippen LogP contribution >= 0.6 is 0 Å². The zero-order valence-corrected chi connectivity index (χ0v) is 16.2. The van der Waals surface area contributed by atoms with Gasteiger partial charge >= 0.3 is 0 Å². The Labute approximate surface area is 168 Å². The number of benzene rings is 1. The van der Waals surface area contributed by atoms with E-state index in [-0.39, 0.29) is 5.91 Å². The molecule has 1 amide bonds. The number of pyridine rings is 2. The molecule has 1 aromatic carbocycles. The highest BCUT2D eigenvalue weighted by atomic mass is 16.2. The number of anilines is 1. The van der Waals surface area contributed by atoms with Crippen LogP contribution in [0.25, 0.3) is 22.2 Å². The Morgan fingerprint density at radius 2 is 1.83 bits per heavy atom. The number of para-hydroxylation sites is 1. The van der Waals surface area contributed by atoms with Crippen molar-refractivity contribution in [3.05, 3.63) is 78.4 Å². The zero-order valence-electron chi connectivity index (χ0n) is 16.2. The van der Waals surface area contributed by atoms with E-state index in [2.05, 4.69) is 20.3 Å². The molecule has 29 heavy (non-hydrogen) atoms. The normalized spacial score (nSPS) is 10.7. The summed E-state index contributed by atoms with van der Waals surface area (Å²) in [6.07, 6.45) is 6.95. The maximum absolute atomic E-state index is 12.7. The predicted octanol–water partition coefficient (Wildman–Crippen LogP) is 3.40. The third-order valence-corrected chi connectivity index (χ3v) is 4.47. The minimum absolute atomic E-state index is 0.0690. The van der Waals surface area contributed by atoms with E-state index in [1.807, 2.05) is 36.4 Å². The molecule has 7 nitrogen and oxygen atoms in total. The summed E-state index contributed by atoms with van der Waals surface area (Å²) in [7, 11) is 3.48. The van der Waals surface area contributed by atoms with Crippen LogP contribution in [0.4, 0.5) is 5.95 Å². The van der Waals surface area contributed by atoms with E-state index in [1.165, 1.54) is 0 Å². The Morgan fingerprint density at radius 1 is 1.03 bits per heavy atom. The van der Waals surface area contributed by atoms with E-state index < -0.39 is 0 Å². The summed E-state index contributed by atoms with van der Waals surface area (Å²) in [6.45, 7) is 0.586. The monoisotopic (exact) mass is 384 g/mol. The van der Waals surface area contributed by atoms with E-state index in [0.29, 0.717) is 23.8 Å². The van der Waals surface area contributed by atoms with Crippen LogP contribution in [0.15, 0.2) is 67.3 Å². The van der Waals surface area contributed by atoms with E-state index in [4.69, 9.17) is 4.98 Å². The van der Waals surface area contributed by atoms with E-state index in [9.17, 15) is 4.79 Å². The van der Waals surface area contributed by atoms with Crippen LogP contribution in [-0.2, 0) is 6.54 Å². The Hall–Kier alpha value is -3.87. The Kier molecular flexibility index (Phi) is 5.11. The Morgan fingerprint density at radius 3 is 2.55 bits per heavy atom. The molecule has 0 radical (unpaired) electrons. The number of fused-ring (bicyclic) bond motifs is 1. The average Bonchev–Trinajstić information content (AvgIpc) is 2.77. The zero-order chi connectivity index (χ0) is 20.2. The van der Waals surface area contributed by atoms with Crippen LogP contribution < -0.4 is 5.32 Å². The van der Waals surface area contributed by atoms with Crippen LogP contribution in [0, 0.1) is 0 Å². The van der Waals surface area contributed by atoms with Gasteiger partial charge in [-0.3, -0.25) is 9.78 Å². The second kappa shape index (κ2) is 8.02. The molecule has 0 aliphatic carbocycles. The molecule has 0 fully saturated rings. The highest BCUT2D eigenvalue weighted by Gasteiger charge is 2.15. The third kappa shape index (κ3) is 4.03. The average molecular weight is 384 g/mol. The first-order valence-electron chi connectivity index (χ1n) is 9.18. The number of amides is 1. The molecule has 0 bridgehead atoms. The summed E-state index contributed by atoms with van der Waals surface area (Å²) in [5.41, 5.74) is 3.81. The van der Waals surface area contributed by atoms with Gasteiger partial charge in [-0.05, 0) is 23.8 Å². The fraction of sp³-hybridized carbons (Fsp3) is 0.136. The van der Waals surface area contributed by atoms with Crippen molar-refractivity contribution >= 4 is 22.8 Å². The molecule has 0 aliphatic heterocycles. The first-order valence-corrected chi connectivity index (χ1v) is 9.18. The highest BCUT2D eigenvalue weighted by Crippen LogP contribution is 2.25. The minimum Gasteiger partial charge on any atom is -0.350 e. The van der Waals surface area contributed by atoms with Gasteiger partial charge in [0.1, 0.15) is 0 Å². The van der Waals surface area contributed by atoms with Gasteiger partial charge in [-0.15, -0.1) is 0 Å². The highest BCUT2D eigenvalue weighted by molar-refractivity contribution is 6.07. The summed E-state index contributed by atoms with van der Waals surface area (Å²) in [5.74, 6) is 0.448. The van der Waals surface area contributed by atoms with Crippen molar-refractivity contribution in [3.63, 3.8) is 0 Å². The molecule has 1 N–H and O–H groups in total. The maximum atomic E-state index is 12.7. The number of nitrogens with one attached hydrogen (secondary N) is 1. The largest absolute Gasteiger partial charge is 0.350 e. The van der Waals surface area contributed by atoms with Crippen LogP contribution in [0.2, 0.25) is 0 Å². The molecular formula is C22H20N6O. The molecule has 4 rings (SSSR count). The molecule has 0 unspecified atom stereocenters. The second-order valence-corrected chi connectivity index (χ2v) is 6.78. The SMILES string of the molecule is CN(C)C(=O)c1cc(-c2cnc(NCc3cccnc3)nc2)nc2ccccc12. The lowest BCUT2D eigenvalue weighted by Crippen LogP contribution is -2.22. The van der Waals surface area contributed by atoms with Gasteiger partial charge in [-0.1, -0.05) is 24.3 Å². The lowest BCUT2D eigenvalue weighted by Gasteiger charge is -2.14. The summed E-state index contributed by atoms with van der Waals surface area (Å²) in [5, 5.41) is 4.00. The summed E-state index contributed by atoms with van der Waals surface area (Å²) < 4.78 is 0. The van der Waals surface area contributed by atoms with E-state index in [0.717, 1.165) is 22.0 Å². The molecule has 0 spiro atoms. The number of carbonyl (C=O) groups is 1. The van der Waals surface area contributed by atoms with Crippen molar-refractivity contribution in [2.75, 3.05) is 19.4 Å². The van der Waals surface area contributed by atoms with Crippen molar-refractivity contribution in [1.29, 1.82) is 0 Å². The summed E-state index contributed by atoms with van der Waals surface area (Å²) >= 11 is 0. The molecule has 4 aromatic rings. The topological polar surface area (TPSA) is 83.9 Å². The third-order valence-electron chi connectivity index (χ3n) is 4.47. The van der Waals surface area contributed by atoms with Crippen molar-refractivity contribution < 1.29 is 4.79 Å². The fourth-order valence-corrected chi connectivity index (χ4v) is 2.98. The molecule has 0 saturated carbocycles. The number of hydrogen-bond acceptors (Lipinski definition) is 6. The lowest BCUT2D eigenvalue weighted by atomic mass is 10.0. The smallest absolute Gasteiger partial charge is 0.254 e. The molecule has 7 heteroatoms. The van der Waals surface area contributed by atoms with Crippen molar-refractivity contribution in [2.45, 2.75) is 6.54 Å². The van der Waals surface area contributed by atoms with Crippen LogP contribution in [-0.4, -0.2) is 44.8 Å². The molecular weight excluding hydrogens is 364 g/mol. The van der Waals surface area contributed by atoms with Gasteiger partial charge in [0.25, 0.3) is 5.91 Å². The Bertz CT molecular complexity index is 1140. The van der Waals surface area contributed by atoms with Crippen molar-refractivity contribution in [1.82, 2.24) is 24.8 Å². The molecule has 144 valence electrons. The number of hydrogen-bond donors (Lipinski definition) is 1. The first kappa shape index (κ1) is 18.5. The van der Waals surface area contributed by atoms with Gasteiger partial charge in [-0.25, -0.2) is 15.0 Å². The summed E-state index contributed by atoms with van der Waals surface area (Å²) in [4.78, 5) is 31.8.